The van der Waals surface area contributed by atoms with E-state index in [1.165, 1.54) is 25.3 Å². The van der Waals surface area contributed by atoms with Gasteiger partial charge in [-0.15, -0.1) is 0 Å². The van der Waals surface area contributed by atoms with E-state index in [0.29, 0.717) is 46.5 Å². The number of benzene rings is 1. The van der Waals surface area contributed by atoms with E-state index in [-0.39, 0.29) is 5.69 Å². The highest BCUT2D eigenvalue weighted by Crippen LogP contribution is 2.35. The fourth-order valence-electron chi connectivity index (χ4n) is 2.67. The molecule has 0 amide bonds. The number of nitrogens with zero attached hydrogens (tertiary/aromatic N) is 2. The van der Waals surface area contributed by atoms with Crippen molar-refractivity contribution >= 4 is 23.0 Å². The monoisotopic (exact) mass is 351 g/mol. The van der Waals surface area contributed by atoms with Gasteiger partial charge in [0.25, 0.3) is 0 Å². The third-order valence-corrected chi connectivity index (χ3v) is 4.38. The van der Waals surface area contributed by atoms with Gasteiger partial charge in [0.05, 0.1) is 18.5 Å². The first kappa shape index (κ1) is 16.5. The molecule has 0 saturated heterocycles. The summed E-state index contributed by atoms with van der Waals surface area (Å²) in [5, 5.41) is 0.363. The van der Waals surface area contributed by atoms with Crippen molar-refractivity contribution in [3.05, 3.63) is 52.5 Å². The van der Waals surface area contributed by atoms with Crippen molar-refractivity contribution in [2.24, 2.45) is 0 Å². The fraction of sp³-hybridized carbons (Fsp3) is 0.235. The van der Waals surface area contributed by atoms with Gasteiger partial charge in [-0.1, -0.05) is 11.6 Å². The van der Waals surface area contributed by atoms with Crippen LogP contribution in [0.4, 0.5) is 14.5 Å². The second-order valence-electron chi connectivity index (χ2n) is 5.49. The molecule has 24 heavy (non-hydrogen) atoms. The van der Waals surface area contributed by atoms with E-state index >= 15 is 0 Å². The highest BCUT2D eigenvalue weighted by molar-refractivity contribution is 6.30. The van der Waals surface area contributed by atoms with Gasteiger partial charge in [0.1, 0.15) is 22.6 Å². The quantitative estimate of drug-likeness (QED) is 0.816. The fourth-order valence-corrected chi connectivity index (χ4v) is 2.90. The van der Waals surface area contributed by atoms with Gasteiger partial charge in [-0.3, -0.25) is 4.57 Å². The van der Waals surface area contributed by atoms with Crippen molar-refractivity contribution in [1.29, 1.82) is 0 Å². The number of imidazole rings is 1. The summed E-state index contributed by atoms with van der Waals surface area (Å²) in [7, 11) is 1.44. The van der Waals surface area contributed by atoms with Crippen LogP contribution in [0.2, 0.25) is 5.15 Å². The molecule has 0 spiro atoms. The van der Waals surface area contributed by atoms with Crippen molar-refractivity contribution in [3.63, 3.8) is 0 Å². The van der Waals surface area contributed by atoms with E-state index in [0.717, 1.165) is 0 Å². The minimum Gasteiger partial charge on any atom is -0.498 e. The molecule has 0 atom stereocenters. The number of aromatic nitrogens is 2. The van der Waals surface area contributed by atoms with Gasteiger partial charge >= 0.3 is 0 Å². The van der Waals surface area contributed by atoms with Crippen LogP contribution in [0, 0.1) is 12.7 Å². The van der Waals surface area contributed by atoms with E-state index in [1.807, 2.05) is 0 Å². The van der Waals surface area contributed by atoms with Crippen LogP contribution in [-0.2, 0) is 4.74 Å². The minimum absolute atomic E-state index is 0.0512. The number of halogens is 3. The second-order valence-corrected chi connectivity index (χ2v) is 5.85. The molecule has 0 saturated carbocycles. The summed E-state index contributed by atoms with van der Waals surface area (Å²) >= 11 is 6.36. The number of allylic oxidation sites excluding steroid dienone is 4. The van der Waals surface area contributed by atoms with Crippen LogP contribution < -0.4 is 5.73 Å². The Bertz CT molecular complexity index is 871. The number of hydrogen-bond acceptors (Lipinski definition) is 3. The zero-order chi connectivity index (χ0) is 17.4. The third kappa shape index (κ3) is 2.78. The molecule has 4 nitrogen and oxygen atoms in total. The van der Waals surface area contributed by atoms with Crippen LogP contribution in [-0.4, -0.2) is 16.7 Å². The van der Waals surface area contributed by atoms with E-state index in [4.69, 9.17) is 22.1 Å². The number of hydrogen-bond donors (Lipinski definition) is 1. The number of aryl methyl sites for hydroxylation is 1. The molecule has 0 fully saturated rings. The topological polar surface area (TPSA) is 53.1 Å². The van der Waals surface area contributed by atoms with E-state index < -0.39 is 11.6 Å². The molecule has 0 unspecified atom stereocenters. The Kier molecular flexibility index (Phi) is 4.32. The average Bonchev–Trinajstić information content (AvgIpc) is 2.85. The molecule has 1 heterocycles. The van der Waals surface area contributed by atoms with Crippen LogP contribution in [0.3, 0.4) is 0 Å². The van der Waals surface area contributed by atoms with Gasteiger partial charge in [-0.2, -0.15) is 0 Å². The summed E-state index contributed by atoms with van der Waals surface area (Å²) in [6.07, 6.45) is 2.31. The molecule has 1 aromatic heterocycles. The molecule has 1 aliphatic rings. The maximum atomic E-state index is 14.1. The Morgan fingerprint density at radius 3 is 2.67 bits per heavy atom. The smallest absolute Gasteiger partial charge is 0.162 e. The van der Waals surface area contributed by atoms with Crippen molar-refractivity contribution in [2.75, 3.05) is 12.8 Å². The number of anilines is 1. The number of rotatable bonds is 3. The Balaban J connectivity index is 2.16. The van der Waals surface area contributed by atoms with Gasteiger partial charge in [-0.25, -0.2) is 13.8 Å². The Morgan fingerprint density at radius 2 is 2.04 bits per heavy atom. The van der Waals surface area contributed by atoms with Gasteiger partial charge in [-0.05, 0) is 37.6 Å². The van der Waals surface area contributed by atoms with E-state index in [1.54, 1.807) is 17.6 Å². The molecular weight excluding hydrogens is 336 g/mol. The van der Waals surface area contributed by atoms with Gasteiger partial charge in [0.2, 0.25) is 0 Å². The average molecular weight is 352 g/mol. The summed E-state index contributed by atoms with van der Waals surface area (Å²) < 4.78 is 34.5. The summed E-state index contributed by atoms with van der Waals surface area (Å²) in [4.78, 5) is 4.40. The largest absolute Gasteiger partial charge is 0.498 e. The van der Waals surface area contributed by atoms with Gasteiger partial charge in [0.15, 0.2) is 5.83 Å². The van der Waals surface area contributed by atoms with Crippen LogP contribution in [0.15, 0.2) is 35.9 Å². The molecule has 126 valence electrons. The molecule has 2 N–H and O–H groups in total. The summed E-state index contributed by atoms with van der Waals surface area (Å²) in [5.74, 6) is -0.250. The minimum atomic E-state index is -0.541. The Hall–Kier alpha value is -2.34. The van der Waals surface area contributed by atoms with Crippen LogP contribution >= 0.6 is 11.6 Å². The van der Waals surface area contributed by atoms with Crippen LogP contribution in [0.1, 0.15) is 18.5 Å². The molecule has 7 heteroatoms. The Labute approximate surface area is 143 Å². The lowest BCUT2D eigenvalue weighted by molar-refractivity contribution is 0.262. The van der Waals surface area contributed by atoms with Gasteiger partial charge in [0, 0.05) is 17.7 Å². The normalized spacial score (nSPS) is 14.8. The van der Waals surface area contributed by atoms with Crippen LogP contribution in [0.25, 0.3) is 17.1 Å². The number of nitrogens with two attached hydrogens (primary N) is 1. The van der Waals surface area contributed by atoms with Gasteiger partial charge < -0.3 is 10.5 Å². The maximum Gasteiger partial charge on any atom is 0.162 e. The highest BCUT2D eigenvalue weighted by atomic mass is 35.5. The molecule has 2 aromatic rings. The second kappa shape index (κ2) is 6.28. The number of methoxy groups -OCH3 is 1. The zero-order valence-electron chi connectivity index (χ0n) is 13.2. The van der Waals surface area contributed by atoms with Crippen molar-refractivity contribution in [1.82, 2.24) is 9.55 Å². The van der Waals surface area contributed by atoms with Crippen molar-refractivity contribution in [2.45, 2.75) is 19.8 Å². The highest BCUT2D eigenvalue weighted by Gasteiger charge is 2.22. The molecule has 0 aliphatic heterocycles. The molecule has 0 radical (unpaired) electrons. The maximum absolute atomic E-state index is 14.1. The molecule has 1 aromatic carbocycles. The first-order valence-corrected chi connectivity index (χ1v) is 7.74. The summed E-state index contributed by atoms with van der Waals surface area (Å²) in [6, 6.07) is 4.41. The first-order chi connectivity index (χ1) is 11.4. The molecule has 3 rings (SSSR count). The standard InChI is InChI=1S/C17H16ClF2N3O/c1-9-16(18)23(11-4-6-15(24-2)13(20)8-11)17(22-9)10-3-5-14(21)12(19)7-10/h3,5,7-8H,4,6,21H2,1-2H3. The van der Waals surface area contributed by atoms with E-state index in [2.05, 4.69) is 4.98 Å². The Morgan fingerprint density at radius 1 is 1.29 bits per heavy atom. The zero-order valence-corrected chi connectivity index (χ0v) is 14.0. The summed E-state index contributed by atoms with van der Waals surface area (Å²) in [5.41, 5.74) is 7.29. The third-order valence-electron chi connectivity index (χ3n) is 3.94. The van der Waals surface area contributed by atoms with Crippen molar-refractivity contribution in [3.8, 4) is 11.4 Å². The van der Waals surface area contributed by atoms with Crippen molar-refractivity contribution < 1.29 is 13.5 Å². The van der Waals surface area contributed by atoms with Crippen LogP contribution in [0.5, 0.6) is 0 Å². The lowest BCUT2D eigenvalue weighted by Crippen LogP contribution is -2.06. The molecular formula is C17H16ClF2N3O. The lowest BCUT2D eigenvalue weighted by atomic mass is 10.1. The first-order valence-electron chi connectivity index (χ1n) is 7.36. The lowest BCUT2D eigenvalue weighted by Gasteiger charge is -2.18. The number of nitrogen functional groups attached to an aromatic ring is 1. The number of ether oxygens (including phenoxy) is 1. The predicted molar refractivity (Wildman–Crippen MR) is 90.4 cm³/mol. The molecule has 1 aliphatic carbocycles. The SMILES string of the molecule is COC1=C(F)C=C(n2c(-c3ccc(N)c(F)c3)nc(C)c2Cl)CC1. The predicted octanol–water partition coefficient (Wildman–Crippen LogP) is 4.70. The summed E-state index contributed by atoms with van der Waals surface area (Å²) in [6.45, 7) is 1.74. The molecule has 0 bridgehead atoms. The van der Waals surface area contributed by atoms with E-state index in [9.17, 15) is 8.78 Å².